The first-order valence-electron chi connectivity index (χ1n) is 7.54. The van der Waals surface area contributed by atoms with Gasteiger partial charge in [0.2, 0.25) is 0 Å². The Hall–Kier alpha value is -3.12. The largest absolute Gasteiger partial charge is 0.507 e. The van der Waals surface area contributed by atoms with Crippen molar-refractivity contribution in [3.8, 4) is 11.5 Å². The smallest absolute Gasteiger partial charge is 0.330 e. The van der Waals surface area contributed by atoms with Gasteiger partial charge in [-0.1, -0.05) is 36.9 Å². The third kappa shape index (κ3) is 5.19. The van der Waals surface area contributed by atoms with E-state index in [0.717, 1.165) is 6.08 Å². The van der Waals surface area contributed by atoms with E-state index in [1.165, 1.54) is 18.2 Å². The maximum absolute atomic E-state index is 12.3. The summed E-state index contributed by atoms with van der Waals surface area (Å²) in [5, 5.41) is 19.7. The lowest BCUT2D eigenvalue weighted by molar-refractivity contribution is -0.141. The first-order valence-corrected chi connectivity index (χ1v) is 7.54. The van der Waals surface area contributed by atoms with Gasteiger partial charge < -0.3 is 19.7 Å². The second kappa shape index (κ2) is 8.65. The molecule has 6 heteroatoms. The number of aliphatic hydroxyl groups is 1. The predicted octanol–water partition coefficient (Wildman–Crippen LogP) is 2.09. The van der Waals surface area contributed by atoms with Gasteiger partial charge in [0.25, 0.3) is 0 Å². The van der Waals surface area contributed by atoms with Crippen LogP contribution >= 0.6 is 0 Å². The Morgan fingerprint density at radius 1 is 1.12 bits per heavy atom. The number of esters is 1. The van der Waals surface area contributed by atoms with Crippen LogP contribution in [-0.2, 0) is 9.53 Å². The molecule has 2 aromatic carbocycles. The van der Waals surface area contributed by atoms with Crippen LogP contribution in [0.4, 0.5) is 0 Å². The summed E-state index contributed by atoms with van der Waals surface area (Å²) in [7, 11) is 0. The summed E-state index contributed by atoms with van der Waals surface area (Å²) < 4.78 is 10.0. The third-order valence-corrected chi connectivity index (χ3v) is 3.28. The predicted molar refractivity (Wildman–Crippen MR) is 90.6 cm³/mol. The molecule has 1 unspecified atom stereocenters. The minimum atomic E-state index is -1.03. The van der Waals surface area contributed by atoms with Crippen molar-refractivity contribution in [3.63, 3.8) is 0 Å². The lowest BCUT2D eigenvalue weighted by Gasteiger charge is -2.13. The molecule has 0 heterocycles. The number of ether oxygens (including phenoxy) is 2. The highest BCUT2D eigenvalue weighted by atomic mass is 16.5. The minimum absolute atomic E-state index is 0.143. The van der Waals surface area contributed by atoms with Crippen molar-refractivity contribution in [2.45, 2.75) is 6.10 Å². The van der Waals surface area contributed by atoms with E-state index in [4.69, 9.17) is 4.74 Å². The van der Waals surface area contributed by atoms with Crippen LogP contribution in [0.2, 0.25) is 0 Å². The van der Waals surface area contributed by atoms with Gasteiger partial charge >= 0.3 is 5.97 Å². The summed E-state index contributed by atoms with van der Waals surface area (Å²) in [4.78, 5) is 23.2. The normalized spacial score (nSPS) is 11.4. The lowest BCUT2D eigenvalue weighted by Crippen LogP contribution is -2.24. The molecular weight excluding hydrogens is 324 g/mol. The van der Waals surface area contributed by atoms with Gasteiger partial charge in [-0.2, -0.15) is 0 Å². The highest BCUT2D eigenvalue weighted by molar-refractivity contribution is 6.10. The maximum Gasteiger partial charge on any atom is 0.330 e. The van der Waals surface area contributed by atoms with Crippen molar-refractivity contribution in [3.05, 3.63) is 72.3 Å². The molecule has 2 N–H and O–H groups in total. The number of aromatic hydroxyl groups is 1. The van der Waals surface area contributed by atoms with Gasteiger partial charge in [0, 0.05) is 17.7 Å². The molecule has 0 saturated carbocycles. The molecule has 0 aliphatic heterocycles. The van der Waals surface area contributed by atoms with Crippen LogP contribution in [0.3, 0.4) is 0 Å². The topological polar surface area (TPSA) is 93.1 Å². The van der Waals surface area contributed by atoms with Crippen molar-refractivity contribution < 1.29 is 29.3 Å². The summed E-state index contributed by atoms with van der Waals surface area (Å²) >= 11 is 0. The van der Waals surface area contributed by atoms with Crippen molar-refractivity contribution in [1.29, 1.82) is 0 Å². The number of carbonyl (C=O) groups is 2. The van der Waals surface area contributed by atoms with E-state index >= 15 is 0 Å². The number of aliphatic hydroxyl groups excluding tert-OH is 1. The fraction of sp³-hybridized carbons (Fsp3) is 0.158. The molecule has 0 aliphatic carbocycles. The van der Waals surface area contributed by atoms with Crippen LogP contribution in [0.1, 0.15) is 15.9 Å². The standard InChI is InChI=1S/C19H18O6/c1-2-18(22)25-12-14(20)11-24-15-8-9-16(17(21)10-15)19(23)13-6-4-3-5-7-13/h2-10,14,20-21H,1,11-12H2. The molecule has 0 aromatic heterocycles. The summed E-state index contributed by atoms with van der Waals surface area (Å²) in [6.45, 7) is 2.87. The molecule has 0 aliphatic rings. The van der Waals surface area contributed by atoms with Crippen LogP contribution in [0, 0.1) is 0 Å². The van der Waals surface area contributed by atoms with Crippen LogP contribution in [-0.4, -0.2) is 41.3 Å². The molecule has 2 aromatic rings. The van der Waals surface area contributed by atoms with Gasteiger partial charge in [-0.15, -0.1) is 0 Å². The van der Waals surface area contributed by atoms with E-state index in [1.54, 1.807) is 30.3 Å². The summed E-state index contributed by atoms with van der Waals surface area (Å²) in [6.07, 6.45) is -0.0367. The van der Waals surface area contributed by atoms with E-state index in [0.29, 0.717) is 5.56 Å². The van der Waals surface area contributed by atoms with Gasteiger partial charge in [0.05, 0.1) is 5.56 Å². The number of rotatable bonds is 8. The second-order valence-electron chi connectivity index (χ2n) is 5.17. The maximum atomic E-state index is 12.3. The SMILES string of the molecule is C=CC(=O)OCC(O)COc1ccc(C(=O)c2ccccc2)c(O)c1. The Balaban J connectivity index is 1.96. The molecule has 130 valence electrons. The molecule has 25 heavy (non-hydrogen) atoms. The molecule has 6 nitrogen and oxygen atoms in total. The molecule has 2 rings (SSSR count). The summed E-state index contributed by atoms with van der Waals surface area (Å²) in [5.74, 6) is -0.892. The minimum Gasteiger partial charge on any atom is -0.507 e. The van der Waals surface area contributed by atoms with Crippen molar-refractivity contribution >= 4 is 11.8 Å². The second-order valence-corrected chi connectivity index (χ2v) is 5.17. The molecule has 0 amide bonds. The van der Waals surface area contributed by atoms with E-state index in [2.05, 4.69) is 11.3 Å². The number of phenolic OH excluding ortho intramolecular Hbond substituents is 1. The molecule has 0 radical (unpaired) electrons. The van der Waals surface area contributed by atoms with Gasteiger partial charge in [0.1, 0.15) is 30.8 Å². The van der Waals surface area contributed by atoms with Crippen LogP contribution in [0.25, 0.3) is 0 Å². The van der Waals surface area contributed by atoms with Crippen molar-refractivity contribution in [2.75, 3.05) is 13.2 Å². The molecule has 0 bridgehead atoms. The Labute approximate surface area is 144 Å². The highest BCUT2D eigenvalue weighted by Crippen LogP contribution is 2.26. The molecule has 0 fully saturated rings. The molecule has 0 spiro atoms. The zero-order chi connectivity index (χ0) is 18.2. The highest BCUT2D eigenvalue weighted by Gasteiger charge is 2.15. The monoisotopic (exact) mass is 342 g/mol. The number of hydrogen-bond acceptors (Lipinski definition) is 6. The quantitative estimate of drug-likeness (QED) is 0.433. The Kier molecular flexibility index (Phi) is 6.31. The first kappa shape index (κ1) is 18.2. The summed E-state index contributed by atoms with van der Waals surface area (Å²) in [5.41, 5.74) is 0.616. The zero-order valence-corrected chi connectivity index (χ0v) is 13.4. The van der Waals surface area contributed by atoms with E-state index in [1.807, 2.05) is 0 Å². The number of carbonyl (C=O) groups excluding carboxylic acids is 2. The Morgan fingerprint density at radius 3 is 2.48 bits per heavy atom. The average molecular weight is 342 g/mol. The van der Waals surface area contributed by atoms with Crippen LogP contribution in [0.5, 0.6) is 11.5 Å². The Bertz CT molecular complexity index is 754. The number of ketones is 1. The first-order chi connectivity index (χ1) is 12.0. The van der Waals surface area contributed by atoms with E-state index in [-0.39, 0.29) is 36.1 Å². The average Bonchev–Trinajstić information content (AvgIpc) is 2.64. The number of hydrogen-bond donors (Lipinski definition) is 2. The number of phenols is 1. The van der Waals surface area contributed by atoms with Gasteiger partial charge in [0.15, 0.2) is 5.78 Å². The van der Waals surface area contributed by atoms with Gasteiger partial charge in [-0.3, -0.25) is 4.79 Å². The van der Waals surface area contributed by atoms with Crippen molar-refractivity contribution in [1.82, 2.24) is 0 Å². The zero-order valence-electron chi connectivity index (χ0n) is 13.4. The van der Waals surface area contributed by atoms with Crippen LogP contribution < -0.4 is 4.74 Å². The van der Waals surface area contributed by atoms with Crippen LogP contribution in [0.15, 0.2) is 61.2 Å². The molecule has 1 atom stereocenters. The van der Waals surface area contributed by atoms with Crippen molar-refractivity contribution in [2.24, 2.45) is 0 Å². The van der Waals surface area contributed by atoms with Gasteiger partial charge in [-0.25, -0.2) is 4.79 Å². The fourth-order valence-electron chi connectivity index (χ4n) is 2.02. The van der Waals surface area contributed by atoms with E-state index < -0.39 is 12.1 Å². The fourth-order valence-corrected chi connectivity index (χ4v) is 2.02. The third-order valence-electron chi connectivity index (χ3n) is 3.28. The molecular formula is C19H18O6. The summed E-state index contributed by atoms with van der Waals surface area (Å²) in [6, 6.07) is 12.8. The molecule has 0 saturated heterocycles. The Morgan fingerprint density at radius 2 is 1.84 bits per heavy atom. The number of benzene rings is 2. The lowest BCUT2D eigenvalue weighted by atomic mass is 10.0. The van der Waals surface area contributed by atoms with Gasteiger partial charge in [-0.05, 0) is 12.1 Å². The van der Waals surface area contributed by atoms with E-state index in [9.17, 15) is 19.8 Å².